The molecule has 0 spiro atoms. The molecule has 2 fully saturated rings. The number of halogens is 1. The molecular formula is C20H24ClN3O2. The number of likely N-dealkylation sites (tertiary alicyclic amines) is 1. The van der Waals surface area contributed by atoms with Crippen molar-refractivity contribution < 1.29 is 9.53 Å². The number of nitrogens with zero attached hydrogens (tertiary/aromatic N) is 2. The SMILES string of the molecule is Cl.NC1CCC2CN(C(=O)c3ccnc(OCc4ccccc4)c3)CC12. The lowest BCUT2D eigenvalue weighted by molar-refractivity contribution is 0.0779. The second-order valence-electron chi connectivity index (χ2n) is 7.03. The van der Waals surface area contributed by atoms with Gasteiger partial charge in [-0.15, -0.1) is 12.4 Å². The van der Waals surface area contributed by atoms with Gasteiger partial charge in [0.2, 0.25) is 5.88 Å². The van der Waals surface area contributed by atoms with Gasteiger partial charge in [-0.05, 0) is 36.3 Å². The summed E-state index contributed by atoms with van der Waals surface area (Å²) in [6.45, 7) is 2.03. The van der Waals surface area contributed by atoms with Crippen LogP contribution in [0.2, 0.25) is 0 Å². The van der Waals surface area contributed by atoms with E-state index in [2.05, 4.69) is 4.98 Å². The lowest BCUT2D eigenvalue weighted by Crippen LogP contribution is -2.33. The number of fused-ring (bicyclic) bond motifs is 1. The lowest BCUT2D eigenvalue weighted by atomic mass is 9.98. The molecule has 1 aliphatic heterocycles. The number of carbonyl (C=O) groups excluding carboxylic acids is 1. The minimum absolute atomic E-state index is 0. The van der Waals surface area contributed by atoms with Gasteiger partial charge in [0.15, 0.2) is 0 Å². The van der Waals surface area contributed by atoms with E-state index < -0.39 is 0 Å². The van der Waals surface area contributed by atoms with E-state index in [0.717, 1.165) is 31.5 Å². The first-order chi connectivity index (χ1) is 12.2. The first-order valence-electron chi connectivity index (χ1n) is 8.88. The minimum atomic E-state index is 0. The Labute approximate surface area is 160 Å². The molecule has 1 saturated carbocycles. The van der Waals surface area contributed by atoms with E-state index in [0.29, 0.717) is 29.9 Å². The highest BCUT2D eigenvalue weighted by Gasteiger charge is 2.42. The molecule has 1 aliphatic carbocycles. The molecule has 2 heterocycles. The van der Waals surface area contributed by atoms with Crippen LogP contribution >= 0.6 is 12.4 Å². The summed E-state index contributed by atoms with van der Waals surface area (Å²) in [5.74, 6) is 1.55. The van der Waals surface area contributed by atoms with E-state index in [1.165, 1.54) is 0 Å². The van der Waals surface area contributed by atoms with Gasteiger partial charge in [-0.2, -0.15) is 0 Å². The van der Waals surface area contributed by atoms with Crippen molar-refractivity contribution in [2.75, 3.05) is 13.1 Å². The third-order valence-electron chi connectivity index (χ3n) is 5.41. The van der Waals surface area contributed by atoms with Gasteiger partial charge in [0.05, 0.1) is 0 Å². The van der Waals surface area contributed by atoms with Crippen LogP contribution in [-0.4, -0.2) is 34.9 Å². The van der Waals surface area contributed by atoms with Crippen LogP contribution in [0.5, 0.6) is 5.88 Å². The molecule has 5 nitrogen and oxygen atoms in total. The molecule has 2 aromatic rings. The quantitative estimate of drug-likeness (QED) is 0.894. The maximum absolute atomic E-state index is 12.8. The average molecular weight is 374 g/mol. The highest BCUT2D eigenvalue weighted by Crippen LogP contribution is 2.37. The molecule has 3 unspecified atom stereocenters. The first-order valence-corrected chi connectivity index (χ1v) is 8.88. The van der Waals surface area contributed by atoms with E-state index in [9.17, 15) is 4.79 Å². The molecular weight excluding hydrogens is 350 g/mol. The van der Waals surface area contributed by atoms with Crippen LogP contribution in [0.4, 0.5) is 0 Å². The Morgan fingerprint density at radius 1 is 1.19 bits per heavy atom. The normalized spacial score (nSPS) is 24.0. The van der Waals surface area contributed by atoms with Gasteiger partial charge in [0.25, 0.3) is 5.91 Å². The first kappa shape index (κ1) is 18.7. The molecule has 1 aromatic heterocycles. The predicted octanol–water partition coefficient (Wildman–Crippen LogP) is 2.89. The molecule has 6 heteroatoms. The van der Waals surface area contributed by atoms with Crippen molar-refractivity contribution in [2.24, 2.45) is 17.6 Å². The number of benzene rings is 1. The molecule has 0 bridgehead atoms. The van der Waals surface area contributed by atoms with Crippen LogP contribution < -0.4 is 10.5 Å². The highest BCUT2D eigenvalue weighted by atomic mass is 35.5. The largest absolute Gasteiger partial charge is 0.473 e. The maximum atomic E-state index is 12.8. The number of carbonyl (C=O) groups is 1. The van der Waals surface area contributed by atoms with Crippen molar-refractivity contribution in [3.05, 3.63) is 59.8 Å². The van der Waals surface area contributed by atoms with E-state index in [4.69, 9.17) is 10.5 Å². The monoisotopic (exact) mass is 373 g/mol. The van der Waals surface area contributed by atoms with Crippen molar-refractivity contribution >= 4 is 18.3 Å². The zero-order valence-electron chi connectivity index (χ0n) is 14.6. The van der Waals surface area contributed by atoms with Gasteiger partial charge >= 0.3 is 0 Å². The van der Waals surface area contributed by atoms with Crippen LogP contribution in [0, 0.1) is 11.8 Å². The summed E-state index contributed by atoms with van der Waals surface area (Å²) >= 11 is 0. The Morgan fingerprint density at radius 3 is 2.77 bits per heavy atom. The summed E-state index contributed by atoms with van der Waals surface area (Å²) < 4.78 is 5.74. The van der Waals surface area contributed by atoms with Crippen molar-refractivity contribution in [1.29, 1.82) is 0 Å². The number of rotatable bonds is 4. The molecule has 4 rings (SSSR count). The number of ether oxygens (including phenoxy) is 1. The maximum Gasteiger partial charge on any atom is 0.254 e. The molecule has 2 aliphatic rings. The van der Waals surface area contributed by atoms with Gasteiger partial charge in [0.1, 0.15) is 6.61 Å². The third-order valence-corrected chi connectivity index (χ3v) is 5.41. The van der Waals surface area contributed by atoms with Crippen molar-refractivity contribution in [3.8, 4) is 5.88 Å². The topological polar surface area (TPSA) is 68.5 Å². The Hall–Kier alpha value is -2.11. The minimum Gasteiger partial charge on any atom is -0.473 e. The van der Waals surface area contributed by atoms with Crippen LogP contribution in [0.15, 0.2) is 48.7 Å². The number of hydrogen-bond donors (Lipinski definition) is 1. The van der Waals surface area contributed by atoms with Gasteiger partial charge in [0, 0.05) is 37.0 Å². The summed E-state index contributed by atoms with van der Waals surface area (Å²) in [5.41, 5.74) is 7.87. The third kappa shape index (κ3) is 3.84. The Kier molecular flexibility index (Phi) is 5.79. The number of pyridine rings is 1. The zero-order valence-corrected chi connectivity index (χ0v) is 15.4. The molecule has 1 saturated heterocycles. The van der Waals surface area contributed by atoms with Crippen molar-refractivity contribution in [2.45, 2.75) is 25.5 Å². The molecule has 1 aromatic carbocycles. The van der Waals surface area contributed by atoms with Gasteiger partial charge in [-0.25, -0.2) is 4.98 Å². The van der Waals surface area contributed by atoms with Crippen LogP contribution in [0.3, 0.4) is 0 Å². The average Bonchev–Trinajstić information content (AvgIpc) is 3.23. The number of nitrogens with two attached hydrogens (primary N) is 1. The van der Waals surface area contributed by atoms with Crippen LogP contribution in [0.1, 0.15) is 28.8 Å². The van der Waals surface area contributed by atoms with Crippen molar-refractivity contribution in [3.63, 3.8) is 0 Å². The lowest BCUT2D eigenvalue weighted by Gasteiger charge is -2.19. The van der Waals surface area contributed by atoms with Crippen LogP contribution in [-0.2, 0) is 6.61 Å². The number of aromatic nitrogens is 1. The predicted molar refractivity (Wildman–Crippen MR) is 102 cm³/mol. The molecule has 26 heavy (non-hydrogen) atoms. The van der Waals surface area contributed by atoms with Gasteiger partial charge in [-0.1, -0.05) is 30.3 Å². The summed E-state index contributed by atoms with van der Waals surface area (Å²) in [6.07, 6.45) is 3.86. The summed E-state index contributed by atoms with van der Waals surface area (Å²) in [6, 6.07) is 13.7. The Balaban J connectivity index is 0.00000196. The van der Waals surface area contributed by atoms with Gasteiger partial charge in [-0.3, -0.25) is 4.79 Å². The fourth-order valence-electron chi connectivity index (χ4n) is 4.01. The summed E-state index contributed by atoms with van der Waals surface area (Å²) in [7, 11) is 0. The van der Waals surface area contributed by atoms with E-state index in [1.54, 1.807) is 18.3 Å². The molecule has 1 amide bonds. The standard InChI is InChI=1S/C20H23N3O2.ClH/c21-18-7-6-16-11-23(12-17(16)18)20(24)15-8-9-22-19(10-15)25-13-14-4-2-1-3-5-14;/h1-5,8-10,16-18H,6-7,11-13,21H2;1H. The van der Waals surface area contributed by atoms with E-state index >= 15 is 0 Å². The summed E-state index contributed by atoms with van der Waals surface area (Å²) in [4.78, 5) is 19.0. The van der Waals surface area contributed by atoms with E-state index in [-0.39, 0.29) is 24.4 Å². The van der Waals surface area contributed by atoms with Crippen LogP contribution in [0.25, 0.3) is 0 Å². The number of amides is 1. The van der Waals surface area contributed by atoms with Crippen molar-refractivity contribution in [1.82, 2.24) is 9.88 Å². The molecule has 3 atom stereocenters. The number of hydrogen-bond acceptors (Lipinski definition) is 4. The fraction of sp³-hybridized carbons (Fsp3) is 0.400. The molecule has 138 valence electrons. The molecule has 0 radical (unpaired) electrons. The van der Waals surface area contributed by atoms with Gasteiger partial charge < -0.3 is 15.4 Å². The summed E-state index contributed by atoms with van der Waals surface area (Å²) in [5, 5.41) is 0. The molecule has 2 N–H and O–H groups in total. The Morgan fingerprint density at radius 2 is 2.00 bits per heavy atom. The fourth-order valence-corrected chi connectivity index (χ4v) is 4.01. The highest BCUT2D eigenvalue weighted by molar-refractivity contribution is 5.94. The van der Waals surface area contributed by atoms with E-state index in [1.807, 2.05) is 35.2 Å². The second kappa shape index (κ2) is 8.06. The Bertz CT molecular complexity index is 756. The second-order valence-corrected chi connectivity index (χ2v) is 7.03. The smallest absolute Gasteiger partial charge is 0.254 e. The zero-order chi connectivity index (χ0) is 17.2.